The summed E-state index contributed by atoms with van der Waals surface area (Å²) in [5, 5.41) is 8.50. The summed E-state index contributed by atoms with van der Waals surface area (Å²) in [6, 6.07) is 28.7. The van der Waals surface area contributed by atoms with Gasteiger partial charge in [-0.15, -0.1) is 0 Å². The van der Waals surface area contributed by atoms with Gasteiger partial charge in [0.1, 0.15) is 11.5 Å². The predicted molar refractivity (Wildman–Crippen MR) is 182 cm³/mol. The van der Waals surface area contributed by atoms with Crippen LogP contribution in [0.3, 0.4) is 0 Å². The van der Waals surface area contributed by atoms with Crippen LogP contribution in [0.4, 0.5) is 0 Å². The second-order valence-electron chi connectivity index (χ2n) is 14.1. The molecule has 6 aromatic rings. The highest BCUT2D eigenvalue weighted by Crippen LogP contribution is 2.62. The van der Waals surface area contributed by atoms with Crippen molar-refractivity contribution < 1.29 is 9.47 Å². The zero-order valence-electron chi connectivity index (χ0n) is 25.8. The van der Waals surface area contributed by atoms with Gasteiger partial charge in [0.15, 0.2) is 0 Å². The third-order valence-corrected chi connectivity index (χ3v) is 12.4. The third kappa shape index (κ3) is 2.98. The molecule has 218 valence electrons. The maximum Gasteiger partial charge on any atom is 0.119 e. The molecule has 0 heterocycles. The number of ether oxygens (including phenoxy) is 2. The monoisotopic (exact) mass is 574 g/mol. The minimum Gasteiger partial charge on any atom is -0.497 e. The summed E-state index contributed by atoms with van der Waals surface area (Å²) in [5.74, 6) is 1.95. The summed E-state index contributed by atoms with van der Waals surface area (Å²) >= 11 is 0. The molecule has 0 bridgehead atoms. The molecule has 0 amide bonds. The van der Waals surface area contributed by atoms with Gasteiger partial charge in [-0.25, -0.2) is 0 Å². The summed E-state index contributed by atoms with van der Waals surface area (Å²) in [7, 11) is 3.60. The number of hydrogen-bond donors (Lipinski definition) is 0. The molecule has 44 heavy (non-hydrogen) atoms. The molecule has 2 nitrogen and oxygen atoms in total. The molecule has 0 N–H and O–H groups in total. The maximum atomic E-state index is 5.78. The van der Waals surface area contributed by atoms with Crippen LogP contribution in [0.15, 0.2) is 72.8 Å². The van der Waals surface area contributed by atoms with Crippen LogP contribution in [0.5, 0.6) is 11.5 Å². The Morgan fingerprint density at radius 2 is 0.886 bits per heavy atom. The number of benzene rings is 6. The van der Waals surface area contributed by atoms with Crippen molar-refractivity contribution in [3.63, 3.8) is 0 Å². The molecule has 2 heteroatoms. The fourth-order valence-electron chi connectivity index (χ4n) is 10.5. The van der Waals surface area contributed by atoms with E-state index in [0.29, 0.717) is 0 Å². The van der Waals surface area contributed by atoms with Crippen LogP contribution in [0, 0.1) is 0 Å². The van der Waals surface area contributed by atoms with Gasteiger partial charge in [-0.05, 0) is 139 Å². The zero-order chi connectivity index (χ0) is 29.2. The number of methoxy groups -OCH3 is 2. The Balaban J connectivity index is 1.31. The van der Waals surface area contributed by atoms with Crippen LogP contribution in [0.25, 0.3) is 54.6 Å². The molecule has 0 unspecified atom stereocenters. The van der Waals surface area contributed by atoms with Gasteiger partial charge >= 0.3 is 0 Å². The maximum absolute atomic E-state index is 5.78. The highest BCUT2D eigenvalue weighted by Gasteiger charge is 2.47. The Labute approximate surface area is 259 Å². The lowest BCUT2D eigenvalue weighted by Crippen LogP contribution is -2.28. The van der Waals surface area contributed by atoms with Crippen molar-refractivity contribution >= 4 is 32.3 Å². The lowest BCUT2D eigenvalue weighted by molar-refractivity contribution is 0.350. The fraction of sp³-hybridized carbons (Fsp3) is 0.333. The first-order chi connectivity index (χ1) is 21.7. The summed E-state index contributed by atoms with van der Waals surface area (Å²) < 4.78 is 11.6. The molecule has 0 saturated heterocycles. The van der Waals surface area contributed by atoms with Crippen LogP contribution in [0.1, 0.15) is 86.5 Å². The molecule has 4 aliphatic carbocycles. The highest BCUT2D eigenvalue weighted by molar-refractivity contribution is 6.29. The standard InChI is InChI=1S/C42H38O2/c1-43-27-11-13-29-33(23-27)41(17-5-3-6-18-41)35-21-25-9-10-26-22-36-40(32-16-15-31(39(29)35)37(25)38(26)32)30-14-12-28(44-2)24-34(30)42(36)19-7-4-8-20-42/h9-16,21-24H,3-8,17-20H2,1-2H3. The second-order valence-corrected chi connectivity index (χ2v) is 14.1. The Bertz CT molecular complexity index is 2000. The van der Waals surface area contributed by atoms with E-state index in [-0.39, 0.29) is 10.8 Å². The molecule has 0 radical (unpaired) electrons. The molecule has 10 rings (SSSR count). The SMILES string of the molecule is COc1ccc2c(c1)C1(CCCCC1)c1cc3ccc4cc5c(c6ccc(c1-2)c3c46)-c1ccc(OC)cc1C51CCCCC1. The molecular weight excluding hydrogens is 536 g/mol. The van der Waals surface area contributed by atoms with Gasteiger partial charge in [-0.2, -0.15) is 0 Å². The van der Waals surface area contributed by atoms with Crippen molar-refractivity contribution in [1.82, 2.24) is 0 Å². The zero-order valence-corrected chi connectivity index (χ0v) is 25.8. The Kier molecular flexibility index (Phi) is 5.05. The Morgan fingerprint density at radius 3 is 1.30 bits per heavy atom. The first-order valence-electron chi connectivity index (χ1n) is 16.8. The van der Waals surface area contributed by atoms with Gasteiger partial charge in [0.25, 0.3) is 0 Å². The average molecular weight is 575 g/mol. The minimum atomic E-state index is 0.0918. The lowest BCUT2D eigenvalue weighted by Gasteiger charge is -2.36. The van der Waals surface area contributed by atoms with Crippen molar-refractivity contribution in [2.24, 2.45) is 0 Å². The van der Waals surface area contributed by atoms with Crippen LogP contribution in [-0.2, 0) is 10.8 Å². The van der Waals surface area contributed by atoms with Gasteiger partial charge in [0.05, 0.1) is 14.2 Å². The topological polar surface area (TPSA) is 18.5 Å². The van der Waals surface area contributed by atoms with E-state index in [2.05, 4.69) is 72.8 Å². The quantitative estimate of drug-likeness (QED) is 0.192. The molecule has 0 atom stereocenters. The van der Waals surface area contributed by atoms with Crippen molar-refractivity contribution in [1.29, 1.82) is 0 Å². The Morgan fingerprint density at radius 1 is 0.455 bits per heavy atom. The van der Waals surface area contributed by atoms with E-state index in [1.807, 2.05) is 0 Å². The van der Waals surface area contributed by atoms with Gasteiger partial charge in [0, 0.05) is 10.8 Å². The average Bonchev–Trinajstić information content (AvgIpc) is 3.49. The first-order valence-corrected chi connectivity index (χ1v) is 16.8. The molecule has 4 aliphatic rings. The van der Waals surface area contributed by atoms with Gasteiger partial charge < -0.3 is 9.47 Å². The van der Waals surface area contributed by atoms with Crippen LogP contribution in [0.2, 0.25) is 0 Å². The van der Waals surface area contributed by atoms with Crippen LogP contribution >= 0.6 is 0 Å². The number of hydrogen-bond acceptors (Lipinski definition) is 2. The van der Waals surface area contributed by atoms with Crippen molar-refractivity contribution in [3.05, 3.63) is 95.1 Å². The van der Waals surface area contributed by atoms with Crippen LogP contribution < -0.4 is 9.47 Å². The molecule has 0 aromatic heterocycles. The molecule has 2 saturated carbocycles. The molecule has 0 aliphatic heterocycles. The number of fused-ring (bicyclic) bond motifs is 12. The second kappa shape index (κ2) is 8.78. The van der Waals surface area contributed by atoms with Crippen molar-refractivity contribution in [2.75, 3.05) is 14.2 Å². The van der Waals surface area contributed by atoms with E-state index in [1.54, 1.807) is 25.3 Å². The minimum absolute atomic E-state index is 0.0918. The van der Waals surface area contributed by atoms with Crippen molar-refractivity contribution in [2.45, 2.75) is 75.0 Å². The van der Waals surface area contributed by atoms with Crippen molar-refractivity contribution in [3.8, 4) is 33.8 Å². The number of rotatable bonds is 2. The fourth-order valence-corrected chi connectivity index (χ4v) is 10.5. The van der Waals surface area contributed by atoms with E-state index in [1.165, 1.54) is 130 Å². The summed E-state index contributed by atoms with van der Waals surface area (Å²) in [4.78, 5) is 0. The third-order valence-electron chi connectivity index (χ3n) is 12.4. The summed E-state index contributed by atoms with van der Waals surface area (Å²) in [6.45, 7) is 0. The van der Waals surface area contributed by atoms with Gasteiger partial charge in [-0.3, -0.25) is 0 Å². The lowest BCUT2D eigenvalue weighted by atomic mass is 9.67. The van der Waals surface area contributed by atoms with Gasteiger partial charge in [0.2, 0.25) is 0 Å². The largest absolute Gasteiger partial charge is 0.497 e. The summed E-state index contributed by atoms with van der Waals surface area (Å²) in [5.41, 5.74) is 12.1. The highest BCUT2D eigenvalue weighted by atomic mass is 16.5. The molecule has 6 aromatic carbocycles. The van der Waals surface area contributed by atoms with Gasteiger partial charge in [-0.1, -0.05) is 74.9 Å². The van der Waals surface area contributed by atoms with E-state index < -0.39 is 0 Å². The Hall–Kier alpha value is -4.04. The van der Waals surface area contributed by atoms with E-state index in [4.69, 9.17) is 9.47 Å². The molecule has 2 spiro atoms. The van der Waals surface area contributed by atoms with E-state index in [9.17, 15) is 0 Å². The summed E-state index contributed by atoms with van der Waals surface area (Å²) in [6.07, 6.45) is 12.7. The first kappa shape index (κ1) is 25.3. The van der Waals surface area contributed by atoms with E-state index >= 15 is 0 Å². The van der Waals surface area contributed by atoms with Crippen LogP contribution in [-0.4, -0.2) is 14.2 Å². The van der Waals surface area contributed by atoms with E-state index in [0.717, 1.165) is 11.5 Å². The molecular formula is C42H38O2. The normalized spacial score (nSPS) is 19.0. The smallest absolute Gasteiger partial charge is 0.119 e. The predicted octanol–water partition coefficient (Wildman–Crippen LogP) is 11.1. The molecule has 2 fully saturated rings.